The van der Waals surface area contributed by atoms with Gasteiger partial charge in [-0.3, -0.25) is 19.3 Å². The minimum Gasteiger partial charge on any atom is -0.341 e. The fourth-order valence-corrected chi connectivity index (χ4v) is 4.07. The number of likely N-dealkylation sites (tertiary alicyclic amines) is 1. The van der Waals surface area contributed by atoms with Gasteiger partial charge in [-0.1, -0.05) is 37.1 Å². The first-order chi connectivity index (χ1) is 12.6. The Balaban J connectivity index is 1.70. The van der Waals surface area contributed by atoms with Crippen molar-refractivity contribution >= 4 is 28.5 Å². The van der Waals surface area contributed by atoms with E-state index in [1.165, 1.54) is 0 Å². The summed E-state index contributed by atoms with van der Waals surface area (Å²) < 4.78 is 0. The van der Waals surface area contributed by atoms with Crippen LogP contribution in [0.25, 0.3) is 10.8 Å². The lowest BCUT2D eigenvalue weighted by Crippen LogP contribution is -2.53. The van der Waals surface area contributed by atoms with E-state index in [4.69, 9.17) is 0 Å². The Morgan fingerprint density at radius 3 is 1.96 bits per heavy atom. The Hall–Kier alpha value is -2.69. The van der Waals surface area contributed by atoms with E-state index in [2.05, 4.69) is 0 Å². The smallest absolute Gasteiger partial charge is 0.262 e. The highest BCUT2D eigenvalue weighted by Gasteiger charge is 2.39. The minimum atomic E-state index is -0.795. The fraction of sp³-hybridized carbons (Fsp3) is 0.381. The molecule has 2 aromatic carbocycles. The predicted octanol–water partition coefficient (Wildman–Crippen LogP) is 3.23. The quantitative estimate of drug-likeness (QED) is 0.782. The predicted molar refractivity (Wildman–Crippen MR) is 99.0 cm³/mol. The van der Waals surface area contributed by atoms with Crippen molar-refractivity contribution < 1.29 is 14.4 Å². The van der Waals surface area contributed by atoms with Gasteiger partial charge in [0.25, 0.3) is 11.8 Å². The minimum absolute atomic E-state index is 0.139. The van der Waals surface area contributed by atoms with Crippen LogP contribution >= 0.6 is 0 Å². The molecule has 0 aliphatic carbocycles. The van der Waals surface area contributed by atoms with Crippen molar-refractivity contribution in [1.29, 1.82) is 0 Å². The molecule has 3 amide bonds. The number of imide groups is 1. The third-order valence-electron chi connectivity index (χ3n) is 5.47. The number of carbonyl (C=O) groups is 3. The van der Waals surface area contributed by atoms with Gasteiger partial charge in [0.1, 0.15) is 6.04 Å². The van der Waals surface area contributed by atoms with Crippen LogP contribution in [0.5, 0.6) is 0 Å². The molecule has 2 aliphatic heterocycles. The van der Waals surface area contributed by atoms with E-state index in [1.807, 2.05) is 24.3 Å². The number of nitrogens with zero attached hydrogens (tertiary/aromatic N) is 2. The molecule has 0 aromatic heterocycles. The standard InChI is InChI=1S/C21H22N2O3/c1-14(19(24)22-12-4-2-3-5-13-22)23-20(25)16-10-6-8-15-9-7-11-17(18(15)16)21(23)26/h6-11,14H,2-5,12-13H2,1H3/t14-/m1/s1. The van der Waals surface area contributed by atoms with Crippen LogP contribution in [0.3, 0.4) is 0 Å². The zero-order chi connectivity index (χ0) is 18.3. The molecule has 0 N–H and O–H groups in total. The molecule has 1 saturated heterocycles. The second-order valence-corrected chi connectivity index (χ2v) is 7.11. The molecule has 2 aliphatic rings. The van der Waals surface area contributed by atoms with Gasteiger partial charge in [-0.25, -0.2) is 0 Å². The van der Waals surface area contributed by atoms with E-state index in [0.717, 1.165) is 36.0 Å². The number of carbonyl (C=O) groups excluding carboxylic acids is 3. The number of hydrogen-bond donors (Lipinski definition) is 0. The Labute approximate surface area is 152 Å². The second-order valence-electron chi connectivity index (χ2n) is 7.11. The summed E-state index contributed by atoms with van der Waals surface area (Å²) in [6.07, 6.45) is 4.19. The van der Waals surface area contributed by atoms with Crippen LogP contribution in [-0.2, 0) is 4.79 Å². The van der Waals surface area contributed by atoms with Crippen molar-refractivity contribution in [1.82, 2.24) is 9.80 Å². The van der Waals surface area contributed by atoms with E-state index in [1.54, 1.807) is 24.0 Å². The summed E-state index contributed by atoms with van der Waals surface area (Å²) in [7, 11) is 0. The maximum Gasteiger partial charge on any atom is 0.262 e. The van der Waals surface area contributed by atoms with Crippen molar-refractivity contribution in [3.63, 3.8) is 0 Å². The molecule has 5 nitrogen and oxygen atoms in total. The van der Waals surface area contributed by atoms with Gasteiger partial charge in [0.2, 0.25) is 5.91 Å². The SMILES string of the molecule is C[C@H](C(=O)N1CCCCCC1)N1C(=O)c2cccc3cccc(c23)C1=O. The van der Waals surface area contributed by atoms with Crippen LogP contribution in [0, 0.1) is 0 Å². The van der Waals surface area contributed by atoms with Crippen LogP contribution in [0.4, 0.5) is 0 Å². The van der Waals surface area contributed by atoms with Gasteiger partial charge in [-0.15, -0.1) is 0 Å². The highest BCUT2D eigenvalue weighted by molar-refractivity contribution is 6.26. The average Bonchev–Trinajstić information content (AvgIpc) is 2.95. The lowest BCUT2D eigenvalue weighted by molar-refractivity contribution is -0.134. The zero-order valence-corrected chi connectivity index (χ0v) is 14.9. The summed E-state index contributed by atoms with van der Waals surface area (Å²) >= 11 is 0. The van der Waals surface area contributed by atoms with E-state index >= 15 is 0 Å². The fourth-order valence-electron chi connectivity index (χ4n) is 4.07. The average molecular weight is 350 g/mol. The van der Waals surface area contributed by atoms with Crippen LogP contribution in [0.15, 0.2) is 36.4 Å². The molecule has 0 radical (unpaired) electrons. The third-order valence-corrected chi connectivity index (χ3v) is 5.47. The lowest BCUT2D eigenvalue weighted by Gasteiger charge is -2.34. The van der Waals surface area contributed by atoms with Gasteiger partial charge in [0.05, 0.1) is 0 Å². The monoisotopic (exact) mass is 350 g/mol. The number of rotatable bonds is 2. The first kappa shape index (κ1) is 16.8. The van der Waals surface area contributed by atoms with Crippen molar-refractivity contribution in [3.05, 3.63) is 47.5 Å². The Morgan fingerprint density at radius 1 is 0.885 bits per heavy atom. The molecule has 2 heterocycles. The maximum absolute atomic E-state index is 13.0. The summed E-state index contributed by atoms with van der Waals surface area (Å²) in [5.74, 6) is -0.898. The van der Waals surface area contributed by atoms with Gasteiger partial charge in [-0.2, -0.15) is 0 Å². The number of amides is 3. The third kappa shape index (κ3) is 2.59. The normalized spacial score (nSPS) is 18.8. The number of benzene rings is 2. The summed E-state index contributed by atoms with van der Waals surface area (Å²) in [6.45, 7) is 3.06. The molecule has 5 heteroatoms. The highest BCUT2D eigenvalue weighted by Crippen LogP contribution is 2.31. The van der Waals surface area contributed by atoms with Crippen LogP contribution in [-0.4, -0.2) is 46.7 Å². The van der Waals surface area contributed by atoms with Gasteiger partial charge < -0.3 is 4.90 Å². The van der Waals surface area contributed by atoms with Crippen molar-refractivity contribution in [2.75, 3.05) is 13.1 Å². The molecular weight excluding hydrogens is 328 g/mol. The first-order valence-electron chi connectivity index (χ1n) is 9.28. The van der Waals surface area contributed by atoms with Gasteiger partial charge in [0, 0.05) is 29.6 Å². The molecule has 4 rings (SSSR count). The van der Waals surface area contributed by atoms with E-state index in [9.17, 15) is 14.4 Å². The largest absolute Gasteiger partial charge is 0.341 e. The molecule has 26 heavy (non-hydrogen) atoms. The summed E-state index contributed by atoms with van der Waals surface area (Å²) in [6, 6.07) is 10.1. The molecule has 0 bridgehead atoms. The highest BCUT2D eigenvalue weighted by atomic mass is 16.2. The van der Waals surface area contributed by atoms with E-state index in [-0.39, 0.29) is 17.7 Å². The van der Waals surface area contributed by atoms with Crippen molar-refractivity contribution in [2.45, 2.75) is 38.6 Å². The Morgan fingerprint density at radius 2 is 1.42 bits per heavy atom. The van der Waals surface area contributed by atoms with E-state index < -0.39 is 6.04 Å². The Bertz CT molecular complexity index is 847. The van der Waals surface area contributed by atoms with E-state index in [0.29, 0.717) is 29.6 Å². The second kappa shape index (κ2) is 6.56. The molecule has 1 fully saturated rings. The molecule has 0 spiro atoms. The molecule has 1 atom stereocenters. The summed E-state index contributed by atoms with van der Waals surface area (Å²) in [5.41, 5.74) is 0.987. The van der Waals surface area contributed by atoms with Gasteiger partial charge in [-0.05, 0) is 37.3 Å². The van der Waals surface area contributed by atoms with Gasteiger partial charge in [0.15, 0.2) is 0 Å². The zero-order valence-electron chi connectivity index (χ0n) is 14.9. The van der Waals surface area contributed by atoms with Crippen LogP contribution in [0.1, 0.15) is 53.3 Å². The van der Waals surface area contributed by atoms with Crippen LogP contribution in [0.2, 0.25) is 0 Å². The molecular formula is C21H22N2O3. The maximum atomic E-state index is 13.0. The molecule has 0 saturated carbocycles. The summed E-state index contributed by atoms with van der Waals surface area (Å²) in [4.78, 5) is 42.0. The van der Waals surface area contributed by atoms with Crippen LogP contribution < -0.4 is 0 Å². The number of hydrogen-bond acceptors (Lipinski definition) is 3. The lowest BCUT2D eigenvalue weighted by atomic mass is 9.93. The first-order valence-corrected chi connectivity index (χ1v) is 9.28. The Kier molecular flexibility index (Phi) is 4.23. The molecule has 2 aromatic rings. The van der Waals surface area contributed by atoms with Crippen molar-refractivity contribution in [3.8, 4) is 0 Å². The van der Waals surface area contributed by atoms with Crippen molar-refractivity contribution in [2.24, 2.45) is 0 Å². The van der Waals surface area contributed by atoms with Gasteiger partial charge >= 0.3 is 0 Å². The summed E-state index contributed by atoms with van der Waals surface area (Å²) in [5, 5.41) is 1.56. The molecule has 134 valence electrons. The molecule has 0 unspecified atom stereocenters. The topological polar surface area (TPSA) is 57.7 Å².